The third-order valence-corrected chi connectivity index (χ3v) is 7.59. The van der Waals surface area contributed by atoms with E-state index in [2.05, 4.69) is 23.6 Å². The average Bonchev–Trinajstić information content (AvgIpc) is 2.89. The molecule has 0 saturated heterocycles. The minimum Gasteiger partial charge on any atom is -0.491 e. The zero-order valence-electron chi connectivity index (χ0n) is 21.5. The van der Waals surface area contributed by atoms with E-state index in [-0.39, 0.29) is 13.2 Å². The molecule has 194 valence electrons. The maximum Gasteiger partial charge on any atom is 0.119 e. The van der Waals surface area contributed by atoms with Gasteiger partial charge in [0, 0.05) is 25.2 Å². The lowest BCUT2D eigenvalue weighted by atomic mass is 9.94. The van der Waals surface area contributed by atoms with Crippen molar-refractivity contribution >= 4 is 0 Å². The third kappa shape index (κ3) is 9.03. The van der Waals surface area contributed by atoms with E-state index in [1.807, 2.05) is 24.3 Å². The number of aliphatic hydroxyl groups is 2. The lowest BCUT2D eigenvalue weighted by Gasteiger charge is -2.34. The Kier molecular flexibility index (Phi) is 12.0. The van der Waals surface area contributed by atoms with Crippen molar-refractivity contribution < 1.29 is 19.7 Å². The summed E-state index contributed by atoms with van der Waals surface area (Å²) in [6.45, 7) is 8.19. The summed E-state index contributed by atoms with van der Waals surface area (Å²) in [5, 5.41) is 21.0. The standard InChI is InChI=1S/C28H48N2O4/c1-3-29(23-11-7-5-8-12-23)19-25(31)21-33-27-15-17-28(18-16-27)34-22-26(32)20-30(4-2)24-13-9-6-10-14-24/h15-18,23-26,31-32H,3-14,19-22H2,1-2H3/t25-,26-/m0/s1. The molecule has 34 heavy (non-hydrogen) atoms. The van der Waals surface area contributed by atoms with Gasteiger partial charge in [0.1, 0.15) is 36.9 Å². The summed E-state index contributed by atoms with van der Waals surface area (Å²) < 4.78 is 11.7. The van der Waals surface area contributed by atoms with Crippen LogP contribution >= 0.6 is 0 Å². The summed E-state index contributed by atoms with van der Waals surface area (Å²) in [5.41, 5.74) is 0. The second-order valence-electron chi connectivity index (χ2n) is 10.2. The minimum absolute atomic E-state index is 0.288. The lowest BCUT2D eigenvalue weighted by Crippen LogP contribution is -2.43. The Morgan fingerprint density at radius 1 is 0.676 bits per heavy atom. The Morgan fingerprint density at radius 3 is 1.35 bits per heavy atom. The molecule has 6 heteroatoms. The smallest absolute Gasteiger partial charge is 0.119 e. The highest BCUT2D eigenvalue weighted by Gasteiger charge is 2.23. The number of hydrogen-bond donors (Lipinski definition) is 2. The highest BCUT2D eigenvalue weighted by molar-refractivity contribution is 5.31. The fourth-order valence-corrected chi connectivity index (χ4v) is 5.63. The van der Waals surface area contributed by atoms with Crippen LogP contribution in [0.2, 0.25) is 0 Å². The molecule has 2 fully saturated rings. The maximum absolute atomic E-state index is 10.5. The molecule has 0 bridgehead atoms. The van der Waals surface area contributed by atoms with Gasteiger partial charge in [0.15, 0.2) is 0 Å². The largest absolute Gasteiger partial charge is 0.491 e. The Morgan fingerprint density at radius 2 is 1.03 bits per heavy atom. The van der Waals surface area contributed by atoms with Gasteiger partial charge < -0.3 is 19.7 Å². The minimum atomic E-state index is -0.501. The molecule has 3 rings (SSSR count). The van der Waals surface area contributed by atoms with Crippen LogP contribution in [0.25, 0.3) is 0 Å². The molecule has 2 aliphatic rings. The summed E-state index contributed by atoms with van der Waals surface area (Å²) in [7, 11) is 0. The quantitative estimate of drug-likeness (QED) is 0.413. The number of likely N-dealkylation sites (N-methyl/N-ethyl adjacent to an activating group) is 2. The fourth-order valence-electron chi connectivity index (χ4n) is 5.63. The van der Waals surface area contributed by atoms with Crippen LogP contribution in [0, 0.1) is 0 Å². The van der Waals surface area contributed by atoms with Crippen LogP contribution in [0.15, 0.2) is 24.3 Å². The fraction of sp³-hybridized carbons (Fsp3) is 0.786. The van der Waals surface area contributed by atoms with Gasteiger partial charge >= 0.3 is 0 Å². The molecule has 0 aromatic heterocycles. The first-order valence-electron chi connectivity index (χ1n) is 13.8. The highest BCUT2D eigenvalue weighted by Crippen LogP contribution is 2.24. The first kappa shape index (κ1) is 27.3. The summed E-state index contributed by atoms with van der Waals surface area (Å²) in [6, 6.07) is 8.68. The van der Waals surface area contributed by atoms with Crippen molar-refractivity contribution in [1.29, 1.82) is 0 Å². The summed E-state index contributed by atoms with van der Waals surface area (Å²) >= 11 is 0. The van der Waals surface area contributed by atoms with Gasteiger partial charge in [-0.05, 0) is 63.0 Å². The van der Waals surface area contributed by atoms with Gasteiger partial charge in [0.2, 0.25) is 0 Å². The van der Waals surface area contributed by atoms with E-state index in [0.29, 0.717) is 25.2 Å². The van der Waals surface area contributed by atoms with Crippen LogP contribution in [0.1, 0.15) is 78.1 Å². The summed E-state index contributed by atoms with van der Waals surface area (Å²) in [6.07, 6.45) is 11.9. The van der Waals surface area contributed by atoms with Gasteiger partial charge in [-0.1, -0.05) is 52.4 Å². The van der Waals surface area contributed by atoms with Crippen molar-refractivity contribution in [3.63, 3.8) is 0 Å². The van der Waals surface area contributed by atoms with E-state index < -0.39 is 12.2 Å². The Labute approximate surface area is 207 Å². The van der Waals surface area contributed by atoms with Gasteiger partial charge in [-0.15, -0.1) is 0 Å². The number of hydrogen-bond acceptors (Lipinski definition) is 6. The number of nitrogens with zero attached hydrogens (tertiary/aromatic N) is 2. The zero-order chi connectivity index (χ0) is 24.2. The summed E-state index contributed by atoms with van der Waals surface area (Å²) in [5.74, 6) is 1.45. The van der Waals surface area contributed by atoms with Crippen molar-refractivity contribution in [3.05, 3.63) is 24.3 Å². The predicted molar refractivity (Wildman–Crippen MR) is 138 cm³/mol. The predicted octanol–water partition coefficient (Wildman–Crippen LogP) is 4.48. The molecule has 0 heterocycles. The van der Waals surface area contributed by atoms with Crippen LogP contribution in [0.4, 0.5) is 0 Å². The van der Waals surface area contributed by atoms with Gasteiger partial charge in [0.05, 0.1) is 0 Å². The summed E-state index contributed by atoms with van der Waals surface area (Å²) in [4.78, 5) is 4.81. The van der Waals surface area contributed by atoms with Crippen molar-refractivity contribution in [1.82, 2.24) is 9.80 Å². The topological polar surface area (TPSA) is 65.4 Å². The average molecular weight is 477 g/mol. The molecule has 1 aromatic rings. The van der Waals surface area contributed by atoms with Crippen molar-refractivity contribution in [2.75, 3.05) is 39.4 Å². The molecule has 2 atom stereocenters. The molecule has 0 radical (unpaired) electrons. The van der Waals surface area contributed by atoms with Crippen LogP contribution < -0.4 is 9.47 Å². The van der Waals surface area contributed by atoms with E-state index >= 15 is 0 Å². The van der Waals surface area contributed by atoms with Crippen LogP contribution in [-0.4, -0.2) is 83.7 Å². The molecule has 0 spiro atoms. The molecule has 1 aromatic carbocycles. The Hall–Kier alpha value is -1.34. The molecule has 2 N–H and O–H groups in total. The van der Waals surface area contributed by atoms with Gasteiger partial charge in [0.25, 0.3) is 0 Å². The van der Waals surface area contributed by atoms with E-state index in [0.717, 1.165) is 24.6 Å². The van der Waals surface area contributed by atoms with E-state index in [1.54, 1.807) is 0 Å². The number of ether oxygens (including phenoxy) is 2. The second-order valence-corrected chi connectivity index (χ2v) is 10.2. The van der Waals surface area contributed by atoms with Crippen molar-refractivity contribution in [3.8, 4) is 11.5 Å². The molecule has 0 unspecified atom stereocenters. The molecule has 0 amide bonds. The lowest BCUT2D eigenvalue weighted by molar-refractivity contribution is 0.0454. The van der Waals surface area contributed by atoms with Crippen LogP contribution in [-0.2, 0) is 0 Å². The van der Waals surface area contributed by atoms with Gasteiger partial charge in [-0.25, -0.2) is 0 Å². The first-order valence-corrected chi connectivity index (χ1v) is 13.8. The highest BCUT2D eigenvalue weighted by atomic mass is 16.5. The van der Waals surface area contributed by atoms with E-state index in [9.17, 15) is 10.2 Å². The monoisotopic (exact) mass is 476 g/mol. The molecule has 6 nitrogen and oxygen atoms in total. The molecule has 0 aliphatic heterocycles. The Balaban J connectivity index is 1.36. The normalized spacial score (nSPS) is 19.9. The SMILES string of the molecule is CCN(C[C@H](O)COc1ccc(OC[C@@H](O)CN(CC)C2CCCCC2)cc1)C1CCCCC1. The molecular weight excluding hydrogens is 428 g/mol. The molecule has 2 aliphatic carbocycles. The number of benzene rings is 1. The molecule has 2 saturated carbocycles. The van der Waals surface area contributed by atoms with Crippen LogP contribution in [0.3, 0.4) is 0 Å². The Bertz CT molecular complexity index is 602. The van der Waals surface area contributed by atoms with Gasteiger partial charge in [-0.2, -0.15) is 0 Å². The maximum atomic E-state index is 10.5. The van der Waals surface area contributed by atoms with Crippen molar-refractivity contribution in [2.45, 2.75) is 102 Å². The number of aliphatic hydroxyl groups excluding tert-OH is 2. The zero-order valence-corrected chi connectivity index (χ0v) is 21.5. The third-order valence-electron chi connectivity index (χ3n) is 7.59. The molecular formula is C28H48N2O4. The van der Waals surface area contributed by atoms with E-state index in [1.165, 1.54) is 64.2 Å². The number of rotatable bonds is 14. The second kappa shape index (κ2) is 14.9. The van der Waals surface area contributed by atoms with E-state index in [4.69, 9.17) is 9.47 Å². The van der Waals surface area contributed by atoms with Crippen molar-refractivity contribution in [2.24, 2.45) is 0 Å². The first-order chi connectivity index (χ1) is 16.6. The van der Waals surface area contributed by atoms with Gasteiger partial charge in [-0.3, -0.25) is 9.80 Å². The van der Waals surface area contributed by atoms with Crippen LogP contribution in [0.5, 0.6) is 11.5 Å².